The molecule has 0 fully saturated rings. The van der Waals surface area contributed by atoms with Gasteiger partial charge in [-0.15, -0.1) is 11.3 Å². The lowest BCUT2D eigenvalue weighted by atomic mass is 10.0. The van der Waals surface area contributed by atoms with Gasteiger partial charge < -0.3 is 26.1 Å². The second-order valence-corrected chi connectivity index (χ2v) is 8.75. The number of aromatic nitrogens is 2. The van der Waals surface area contributed by atoms with Crippen LogP contribution < -0.4 is 16.0 Å². The number of amides is 1. The van der Waals surface area contributed by atoms with Crippen molar-refractivity contribution in [3.63, 3.8) is 0 Å². The molecule has 0 bridgehead atoms. The molecule has 0 saturated carbocycles. The third-order valence-electron chi connectivity index (χ3n) is 5.30. The van der Waals surface area contributed by atoms with E-state index in [0.717, 1.165) is 45.9 Å². The number of benzene rings is 1. The lowest BCUT2D eigenvalue weighted by Gasteiger charge is -2.11. The van der Waals surface area contributed by atoms with Crippen LogP contribution in [0.25, 0.3) is 11.3 Å². The summed E-state index contributed by atoms with van der Waals surface area (Å²) >= 11 is 1.56. The highest BCUT2D eigenvalue weighted by atomic mass is 32.1. The van der Waals surface area contributed by atoms with Crippen LogP contribution in [0.1, 0.15) is 31.2 Å². The molecule has 2 aromatic heterocycles. The summed E-state index contributed by atoms with van der Waals surface area (Å²) in [5.74, 6) is 0.358. The average Bonchev–Trinajstić information content (AvgIpc) is 3.27. The second kappa shape index (κ2) is 10.4. The number of hydrogen-bond donors (Lipinski definition) is 4. The van der Waals surface area contributed by atoms with Crippen molar-refractivity contribution in [2.45, 2.75) is 26.5 Å². The molecule has 9 heteroatoms. The molecule has 0 saturated heterocycles. The van der Waals surface area contributed by atoms with E-state index in [1.807, 2.05) is 31.2 Å². The van der Waals surface area contributed by atoms with Gasteiger partial charge in [0.25, 0.3) is 5.91 Å². The fourth-order valence-electron chi connectivity index (χ4n) is 3.55. The van der Waals surface area contributed by atoms with E-state index in [-0.39, 0.29) is 5.91 Å². The van der Waals surface area contributed by atoms with E-state index in [9.17, 15) is 4.79 Å². The number of ether oxygens (including phenoxy) is 1. The van der Waals surface area contributed by atoms with Gasteiger partial charge >= 0.3 is 0 Å². The summed E-state index contributed by atoms with van der Waals surface area (Å²) in [6.45, 7) is 3.79. The summed E-state index contributed by atoms with van der Waals surface area (Å²) in [6.07, 6.45) is 5.41. The van der Waals surface area contributed by atoms with Crippen LogP contribution in [0.4, 0.5) is 5.95 Å². The third kappa shape index (κ3) is 5.44. The number of fused-ring (bicyclic) bond motifs is 1. The van der Waals surface area contributed by atoms with Crippen molar-refractivity contribution >= 4 is 29.4 Å². The first-order valence-corrected chi connectivity index (χ1v) is 11.4. The molecule has 33 heavy (non-hydrogen) atoms. The smallest absolute Gasteiger partial charge is 0.261 e. The Labute approximate surface area is 196 Å². The number of nitrogens with one attached hydrogen (secondary N) is 4. The van der Waals surface area contributed by atoms with Crippen LogP contribution in [0.5, 0.6) is 0 Å². The summed E-state index contributed by atoms with van der Waals surface area (Å²) in [5, 5.41) is 16.4. The van der Waals surface area contributed by atoms with Crippen LogP contribution in [0.15, 0.2) is 48.4 Å². The molecular weight excluding hydrogens is 436 g/mol. The summed E-state index contributed by atoms with van der Waals surface area (Å²) in [7, 11) is 1.76. The van der Waals surface area contributed by atoms with E-state index in [0.29, 0.717) is 24.8 Å². The Morgan fingerprint density at radius 3 is 2.94 bits per heavy atom. The van der Waals surface area contributed by atoms with Gasteiger partial charge in [0, 0.05) is 49.1 Å². The van der Waals surface area contributed by atoms with E-state index in [2.05, 4.69) is 32.0 Å². The van der Waals surface area contributed by atoms with Crippen molar-refractivity contribution in [2.75, 3.05) is 19.0 Å². The van der Waals surface area contributed by atoms with Gasteiger partial charge in [0.15, 0.2) is 0 Å². The number of nitrogens with zero attached hydrogens (tertiary/aromatic N) is 2. The minimum atomic E-state index is -0.0546. The van der Waals surface area contributed by atoms with E-state index in [1.165, 1.54) is 11.1 Å². The van der Waals surface area contributed by atoms with Gasteiger partial charge in [0.05, 0.1) is 29.5 Å². The van der Waals surface area contributed by atoms with Crippen molar-refractivity contribution in [3.05, 3.63) is 74.9 Å². The van der Waals surface area contributed by atoms with Gasteiger partial charge in [-0.3, -0.25) is 4.79 Å². The lowest BCUT2D eigenvalue weighted by molar-refractivity contribution is 0.0954. The molecule has 8 nitrogen and oxygen atoms in total. The van der Waals surface area contributed by atoms with Gasteiger partial charge in [-0.2, -0.15) is 0 Å². The van der Waals surface area contributed by atoms with Crippen molar-refractivity contribution in [3.8, 4) is 11.3 Å². The molecule has 1 aliphatic rings. The number of carbonyl (C=O) groups excluding carboxylic acids is 1. The number of thiophene rings is 1. The molecule has 170 valence electrons. The summed E-state index contributed by atoms with van der Waals surface area (Å²) in [5.41, 5.74) is 5.52. The Kier molecular flexibility index (Phi) is 7.11. The maximum absolute atomic E-state index is 12.6. The van der Waals surface area contributed by atoms with E-state index in [4.69, 9.17) is 10.1 Å². The number of hydrogen-bond acceptors (Lipinski definition) is 8. The lowest BCUT2D eigenvalue weighted by Crippen LogP contribution is -2.22. The summed E-state index contributed by atoms with van der Waals surface area (Å²) in [6, 6.07) is 9.84. The number of aryl methyl sites for hydroxylation is 1. The molecule has 0 radical (unpaired) electrons. The first kappa shape index (κ1) is 22.6. The molecular formula is C24H26N6O2S. The highest BCUT2D eigenvalue weighted by Crippen LogP contribution is 2.27. The standard InChI is InChI=1S/C24H26N6O2S/c1-15-9-16(20-5-7-27-24(30-20)29-19(11-25)13-26-2)3-4-17(15)12-28-23(31)22-10-18-14-32-8-6-21(18)33-22/h3-5,7,9-11,13,25-26H,6,8,12,14H2,1-2H3,(H,28,31)(H,27,29,30)/b19-13+,25-11?. The minimum Gasteiger partial charge on any atom is -0.392 e. The van der Waals surface area contributed by atoms with Crippen molar-refractivity contribution < 1.29 is 9.53 Å². The minimum absolute atomic E-state index is 0.0546. The summed E-state index contributed by atoms with van der Waals surface area (Å²) < 4.78 is 5.47. The zero-order chi connectivity index (χ0) is 23.2. The molecule has 1 amide bonds. The highest BCUT2D eigenvalue weighted by Gasteiger charge is 2.17. The van der Waals surface area contributed by atoms with Crippen LogP contribution >= 0.6 is 11.3 Å². The van der Waals surface area contributed by atoms with Crippen LogP contribution in [-0.2, 0) is 24.3 Å². The molecule has 4 N–H and O–H groups in total. The predicted octanol–water partition coefficient (Wildman–Crippen LogP) is 3.64. The van der Waals surface area contributed by atoms with Gasteiger partial charge in [0.2, 0.25) is 5.95 Å². The quantitative estimate of drug-likeness (QED) is 0.380. The maximum Gasteiger partial charge on any atom is 0.261 e. The van der Waals surface area contributed by atoms with E-state index in [1.54, 1.807) is 30.8 Å². The Morgan fingerprint density at radius 1 is 1.30 bits per heavy atom. The SMILES string of the molecule is CN/C=C(\C=N)Nc1nccc(-c2ccc(CNC(=O)c3cc4c(s3)CCOC4)c(C)c2)n1. The number of anilines is 1. The predicted molar refractivity (Wildman–Crippen MR) is 131 cm³/mol. The molecule has 0 unspecified atom stereocenters. The van der Waals surface area contributed by atoms with Crippen molar-refractivity contribution in [2.24, 2.45) is 0 Å². The largest absolute Gasteiger partial charge is 0.392 e. The first-order valence-electron chi connectivity index (χ1n) is 10.6. The zero-order valence-electron chi connectivity index (χ0n) is 18.6. The normalized spacial score (nSPS) is 13.2. The molecule has 0 aliphatic carbocycles. The van der Waals surface area contributed by atoms with Crippen LogP contribution in [0.2, 0.25) is 0 Å². The molecule has 1 aromatic carbocycles. The van der Waals surface area contributed by atoms with Crippen LogP contribution in [0, 0.1) is 12.3 Å². The zero-order valence-corrected chi connectivity index (χ0v) is 19.4. The first-order chi connectivity index (χ1) is 16.1. The average molecular weight is 463 g/mol. The second-order valence-electron chi connectivity index (χ2n) is 7.61. The number of carbonyl (C=O) groups is 1. The van der Waals surface area contributed by atoms with Gasteiger partial charge in [0.1, 0.15) is 0 Å². The molecule has 0 atom stereocenters. The summed E-state index contributed by atoms with van der Waals surface area (Å²) in [4.78, 5) is 23.4. The maximum atomic E-state index is 12.6. The monoisotopic (exact) mass is 462 g/mol. The molecule has 3 heterocycles. The van der Waals surface area contributed by atoms with Gasteiger partial charge in [-0.1, -0.05) is 12.1 Å². The Hall–Kier alpha value is -3.56. The van der Waals surface area contributed by atoms with Crippen LogP contribution in [0.3, 0.4) is 0 Å². The Balaban J connectivity index is 1.43. The Morgan fingerprint density at radius 2 is 2.18 bits per heavy atom. The van der Waals surface area contributed by atoms with Gasteiger partial charge in [-0.25, -0.2) is 9.97 Å². The fourth-order valence-corrected chi connectivity index (χ4v) is 4.62. The fraction of sp³-hybridized carbons (Fsp3) is 0.250. The van der Waals surface area contributed by atoms with Crippen LogP contribution in [-0.4, -0.2) is 35.7 Å². The van der Waals surface area contributed by atoms with Gasteiger partial charge in [-0.05, 0) is 41.8 Å². The van der Waals surface area contributed by atoms with E-state index < -0.39 is 0 Å². The highest BCUT2D eigenvalue weighted by molar-refractivity contribution is 7.14. The van der Waals surface area contributed by atoms with Crippen molar-refractivity contribution in [1.29, 1.82) is 5.41 Å². The molecule has 4 rings (SSSR count). The number of rotatable bonds is 8. The Bertz CT molecular complexity index is 1180. The molecule has 1 aliphatic heterocycles. The molecule has 3 aromatic rings. The number of allylic oxidation sites excluding steroid dienone is 1. The third-order valence-corrected chi connectivity index (χ3v) is 6.53. The van der Waals surface area contributed by atoms with Crippen molar-refractivity contribution in [1.82, 2.24) is 20.6 Å². The molecule has 0 spiro atoms. The van der Waals surface area contributed by atoms with E-state index >= 15 is 0 Å². The topological polar surface area (TPSA) is 112 Å².